The topological polar surface area (TPSA) is 62.8 Å². The van der Waals surface area contributed by atoms with E-state index < -0.39 is 0 Å². The number of pyridine rings is 1. The maximum absolute atomic E-state index is 7.03. The molecule has 0 unspecified atom stereocenters. The van der Waals surface area contributed by atoms with E-state index >= 15 is 0 Å². The molecule has 0 aliphatic carbocycles. The summed E-state index contributed by atoms with van der Waals surface area (Å²) in [6.07, 6.45) is 0. The van der Waals surface area contributed by atoms with E-state index in [-0.39, 0.29) is 22.8 Å². The molecular weight excluding hydrogens is 274 g/mol. The summed E-state index contributed by atoms with van der Waals surface area (Å²) in [5, 5.41) is 7.03. The molecule has 0 bridgehead atoms. The molecule has 0 fully saturated rings. The molecule has 0 saturated carbocycles. The third-order valence-electron chi connectivity index (χ3n) is 0.991. The maximum Gasteiger partial charge on any atom is 0.141 e. The number of halogens is 2. The maximum atomic E-state index is 7.03. The Bertz CT molecular complexity index is 262. The molecule has 1 heterocycles. The lowest BCUT2D eigenvalue weighted by Gasteiger charge is -1.95. The molecule has 11 heavy (non-hydrogen) atoms. The van der Waals surface area contributed by atoms with Crippen LogP contribution in [0.25, 0.3) is 0 Å². The van der Waals surface area contributed by atoms with Gasteiger partial charge in [-0.15, -0.1) is 17.0 Å². The first-order chi connectivity index (χ1) is 4.70. The lowest BCUT2D eigenvalue weighted by atomic mass is 10.3. The van der Waals surface area contributed by atoms with E-state index in [9.17, 15) is 0 Å². The first kappa shape index (κ1) is 10.6. The Balaban J connectivity index is 0.000001000. The van der Waals surface area contributed by atoms with Crippen molar-refractivity contribution in [2.45, 2.75) is 0 Å². The Morgan fingerprint density at radius 1 is 1.55 bits per heavy atom. The van der Waals surface area contributed by atoms with Crippen molar-refractivity contribution >= 4 is 38.7 Å². The Kier molecular flexibility index (Phi) is 4.29. The molecule has 0 spiro atoms. The molecule has 0 amide bonds. The van der Waals surface area contributed by atoms with Crippen molar-refractivity contribution in [1.29, 1.82) is 5.41 Å². The fourth-order valence-electron chi connectivity index (χ4n) is 0.558. The van der Waals surface area contributed by atoms with Crippen LogP contribution >= 0.6 is 32.9 Å². The van der Waals surface area contributed by atoms with Crippen LogP contribution in [0.15, 0.2) is 22.8 Å². The second kappa shape index (κ2) is 4.46. The summed E-state index contributed by atoms with van der Waals surface area (Å²) >= 11 is 3.17. The van der Waals surface area contributed by atoms with Crippen molar-refractivity contribution in [3.8, 4) is 0 Å². The highest BCUT2D eigenvalue weighted by Crippen LogP contribution is 2.04. The molecule has 0 radical (unpaired) electrons. The highest BCUT2D eigenvalue weighted by Gasteiger charge is 1.95. The summed E-state index contributed by atoms with van der Waals surface area (Å²) in [6, 6.07) is 5.26. The Hall–Kier alpha value is -0.420. The highest BCUT2D eigenvalue weighted by molar-refractivity contribution is 9.10. The van der Waals surface area contributed by atoms with Gasteiger partial charge in [-0.3, -0.25) is 5.41 Å². The minimum absolute atomic E-state index is 0. The highest BCUT2D eigenvalue weighted by atomic mass is 79.9. The van der Waals surface area contributed by atoms with Gasteiger partial charge in [0.1, 0.15) is 16.1 Å². The number of aromatic nitrogens is 1. The summed E-state index contributed by atoms with van der Waals surface area (Å²) < 4.78 is 0.695. The van der Waals surface area contributed by atoms with Crippen molar-refractivity contribution in [3.63, 3.8) is 0 Å². The summed E-state index contributed by atoms with van der Waals surface area (Å²) in [5.74, 6) is -0.0127. The van der Waals surface area contributed by atoms with Gasteiger partial charge in [0, 0.05) is 0 Å². The number of nitrogens with two attached hydrogens (primary N) is 1. The van der Waals surface area contributed by atoms with Crippen LogP contribution in [0.1, 0.15) is 5.69 Å². The molecule has 1 rings (SSSR count). The van der Waals surface area contributed by atoms with E-state index in [4.69, 9.17) is 11.1 Å². The lowest BCUT2D eigenvalue weighted by Crippen LogP contribution is -2.12. The fraction of sp³-hybridized carbons (Fsp3) is 0. The second-order valence-electron chi connectivity index (χ2n) is 1.76. The Morgan fingerprint density at radius 3 is 2.55 bits per heavy atom. The first-order valence-electron chi connectivity index (χ1n) is 2.67. The monoisotopic (exact) mass is 279 g/mol. The minimum Gasteiger partial charge on any atom is -0.382 e. The zero-order valence-electron chi connectivity index (χ0n) is 5.54. The third-order valence-corrected chi connectivity index (χ3v) is 1.43. The van der Waals surface area contributed by atoms with Gasteiger partial charge in [-0.25, -0.2) is 4.98 Å². The quantitative estimate of drug-likeness (QED) is 0.467. The molecule has 0 aromatic carbocycles. The minimum atomic E-state index is -0.0127. The summed E-state index contributed by atoms with van der Waals surface area (Å²) in [4.78, 5) is 3.94. The van der Waals surface area contributed by atoms with Crippen LogP contribution in [0.2, 0.25) is 0 Å². The van der Waals surface area contributed by atoms with E-state index in [1.807, 2.05) is 0 Å². The number of nitrogens with zero attached hydrogens (tertiary/aromatic N) is 1. The van der Waals surface area contributed by atoms with E-state index in [1.54, 1.807) is 18.2 Å². The van der Waals surface area contributed by atoms with Crippen LogP contribution < -0.4 is 5.73 Å². The molecule has 0 saturated heterocycles. The van der Waals surface area contributed by atoms with Crippen LogP contribution in [0, 0.1) is 5.41 Å². The van der Waals surface area contributed by atoms with Gasteiger partial charge < -0.3 is 5.73 Å². The predicted molar refractivity (Wildman–Crippen MR) is 53.3 cm³/mol. The number of nitrogen functional groups attached to an aromatic ring is 1. The number of hydrogen-bond acceptors (Lipinski definition) is 2. The largest absolute Gasteiger partial charge is 0.382 e. The molecule has 5 heteroatoms. The number of amidine groups is 1. The van der Waals surface area contributed by atoms with Gasteiger partial charge in [0.2, 0.25) is 0 Å². The van der Waals surface area contributed by atoms with Gasteiger partial charge in [-0.1, -0.05) is 6.07 Å². The Morgan fingerprint density at radius 2 is 2.18 bits per heavy atom. The van der Waals surface area contributed by atoms with Gasteiger partial charge in [0.15, 0.2) is 0 Å². The van der Waals surface area contributed by atoms with E-state index in [0.29, 0.717) is 10.3 Å². The van der Waals surface area contributed by atoms with E-state index in [1.165, 1.54) is 0 Å². The average molecular weight is 281 g/mol. The molecule has 0 aliphatic heterocycles. The summed E-state index contributed by atoms with van der Waals surface area (Å²) in [5.41, 5.74) is 5.68. The normalized spacial score (nSPS) is 8.45. The van der Waals surface area contributed by atoms with Gasteiger partial charge in [0.05, 0.1) is 0 Å². The Labute approximate surface area is 83.4 Å². The number of rotatable bonds is 1. The predicted octanol–water partition coefficient (Wildman–Crippen LogP) is 1.71. The SMILES string of the molecule is Br.N=C(N)c1cccc(Br)n1. The smallest absolute Gasteiger partial charge is 0.141 e. The molecule has 1 aromatic heterocycles. The first-order valence-corrected chi connectivity index (χ1v) is 3.46. The second-order valence-corrected chi connectivity index (χ2v) is 2.57. The third kappa shape index (κ3) is 2.98. The van der Waals surface area contributed by atoms with Crippen molar-refractivity contribution in [3.05, 3.63) is 28.5 Å². The van der Waals surface area contributed by atoms with Crippen molar-refractivity contribution in [2.75, 3.05) is 0 Å². The summed E-state index contributed by atoms with van der Waals surface area (Å²) in [6.45, 7) is 0. The van der Waals surface area contributed by atoms with Crippen molar-refractivity contribution in [1.82, 2.24) is 4.98 Å². The van der Waals surface area contributed by atoms with Gasteiger partial charge in [-0.2, -0.15) is 0 Å². The van der Waals surface area contributed by atoms with Gasteiger partial charge in [0.25, 0.3) is 0 Å². The molecule has 3 N–H and O–H groups in total. The van der Waals surface area contributed by atoms with Gasteiger partial charge >= 0.3 is 0 Å². The van der Waals surface area contributed by atoms with Crippen LogP contribution in [0.4, 0.5) is 0 Å². The average Bonchev–Trinajstić information content (AvgIpc) is 1.88. The van der Waals surface area contributed by atoms with Crippen LogP contribution in [0.3, 0.4) is 0 Å². The summed E-state index contributed by atoms with van der Waals surface area (Å²) in [7, 11) is 0. The molecule has 0 atom stereocenters. The standard InChI is InChI=1S/C6H6BrN3.BrH/c7-5-3-1-2-4(10-5)6(8)9;/h1-3H,(H3,8,9);1H. The lowest BCUT2D eigenvalue weighted by molar-refractivity contribution is 1.22. The molecular formula is C6H7Br2N3. The zero-order chi connectivity index (χ0) is 7.56. The van der Waals surface area contributed by atoms with Crippen molar-refractivity contribution < 1.29 is 0 Å². The zero-order valence-corrected chi connectivity index (χ0v) is 8.84. The van der Waals surface area contributed by atoms with E-state index in [0.717, 1.165) is 0 Å². The molecule has 1 aromatic rings. The molecule has 3 nitrogen and oxygen atoms in total. The number of nitrogens with one attached hydrogen (secondary N) is 1. The molecule has 60 valence electrons. The van der Waals surface area contributed by atoms with Crippen LogP contribution in [0.5, 0.6) is 0 Å². The van der Waals surface area contributed by atoms with Crippen molar-refractivity contribution in [2.24, 2.45) is 5.73 Å². The molecule has 0 aliphatic rings. The van der Waals surface area contributed by atoms with Crippen LogP contribution in [-0.4, -0.2) is 10.8 Å². The van der Waals surface area contributed by atoms with Gasteiger partial charge in [-0.05, 0) is 28.1 Å². The fourth-order valence-corrected chi connectivity index (χ4v) is 0.902. The number of hydrogen-bond donors (Lipinski definition) is 2. The van der Waals surface area contributed by atoms with Crippen LogP contribution in [-0.2, 0) is 0 Å². The van der Waals surface area contributed by atoms with E-state index in [2.05, 4.69) is 20.9 Å².